The number of amides is 1. The van der Waals surface area contributed by atoms with E-state index in [1.54, 1.807) is 24.4 Å². The number of aryl methyl sites for hydroxylation is 1. The standard InChI is InChI=1S/C20H18N4O4S2/c1-12-4-2-7-23-17(12)22-16(21-6-8-25)14(18(23)26)10-15-19(27)24(20(29)30-15)11-13-5-3-9-28-13/h2-5,7,9-10,21,25H,6,8,11H2,1H3/b15-10+. The van der Waals surface area contributed by atoms with E-state index in [0.717, 1.165) is 17.3 Å². The van der Waals surface area contributed by atoms with Crippen LogP contribution in [0, 0.1) is 6.92 Å². The smallest absolute Gasteiger partial charge is 0.267 e. The Hall–Kier alpha value is -2.95. The molecule has 0 bridgehead atoms. The number of carbonyl (C=O) groups is 1. The minimum absolute atomic E-state index is 0.125. The fourth-order valence-corrected chi connectivity index (χ4v) is 4.31. The highest BCUT2D eigenvalue weighted by Crippen LogP contribution is 2.34. The maximum atomic E-state index is 13.2. The molecule has 0 atom stereocenters. The van der Waals surface area contributed by atoms with Crippen LogP contribution in [0.1, 0.15) is 16.9 Å². The van der Waals surface area contributed by atoms with E-state index in [1.807, 2.05) is 13.0 Å². The number of nitrogens with one attached hydrogen (secondary N) is 1. The Morgan fingerprint density at radius 1 is 1.33 bits per heavy atom. The summed E-state index contributed by atoms with van der Waals surface area (Å²) in [6, 6.07) is 7.13. The van der Waals surface area contributed by atoms with Crippen molar-refractivity contribution in [3.63, 3.8) is 0 Å². The van der Waals surface area contributed by atoms with E-state index in [9.17, 15) is 14.7 Å². The molecule has 0 radical (unpaired) electrons. The predicted molar refractivity (Wildman–Crippen MR) is 119 cm³/mol. The third-order valence-corrected chi connectivity index (χ3v) is 5.91. The number of hydrogen-bond acceptors (Lipinski definition) is 8. The Morgan fingerprint density at radius 2 is 2.17 bits per heavy atom. The molecule has 0 aliphatic carbocycles. The van der Waals surface area contributed by atoms with Gasteiger partial charge in [0.05, 0.1) is 29.9 Å². The highest BCUT2D eigenvalue weighted by atomic mass is 32.2. The van der Waals surface area contributed by atoms with E-state index in [2.05, 4.69) is 10.3 Å². The third-order valence-electron chi connectivity index (χ3n) is 4.53. The molecule has 4 heterocycles. The molecule has 10 heteroatoms. The lowest BCUT2D eigenvalue weighted by Crippen LogP contribution is -2.27. The number of aromatic nitrogens is 2. The molecule has 3 aromatic heterocycles. The van der Waals surface area contributed by atoms with Crippen LogP contribution < -0.4 is 10.9 Å². The summed E-state index contributed by atoms with van der Waals surface area (Å²) in [7, 11) is 0. The first-order valence-corrected chi connectivity index (χ1v) is 10.4. The summed E-state index contributed by atoms with van der Waals surface area (Å²) in [6.07, 6.45) is 4.67. The molecule has 1 fully saturated rings. The van der Waals surface area contributed by atoms with E-state index < -0.39 is 0 Å². The summed E-state index contributed by atoms with van der Waals surface area (Å²) < 4.78 is 7.13. The topological polar surface area (TPSA) is 100 Å². The molecule has 2 N–H and O–H groups in total. The summed E-state index contributed by atoms with van der Waals surface area (Å²) in [5.41, 5.74) is 1.24. The Bertz CT molecular complexity index is 1220. The van der Waals surface area contributed by atoms with Gasteiger partial charge in [0, 0.05) is 12.7 Å². The van der Waals surface area contributed by atoms with Crippen LogP contribution in [0.15, 0.2) is 50.8 Å². The minimum Gasteiger partial charge on any atom is -0.467 e. The van der Waals surface area contributed by atoms with Crippen LogP contribution in [0.4, 0.5) is 5.82 Å². The lowest BCUT2D eigenvalue weighted by atomic mass is 10.2. The molecule has 4 rings (SSSR count). The van der Waals surface area contributed by atoms with Crippen LogP contribution in [0.2, 0.25) is 0 Å². The number of pyridine rings is 1. The second-order valence-electron chi connectivity index (χ2n) is 6.56. The normalized spacial score (nSPS) is 15.5. The molecular formula is C20H18N4O4S2. The summed E-state index contributed by atoms with van der Waals surface area (Å²) in [4.78, 5) is 32.4. The predicted octanol–water partition coefficient (Wildman–Crippen LogP) is 2.40. The maximum absolute atomic E-state index is 13.2. The van der Waals surface area contributed by atoms with Crippen molar-refractivity contribution in [1.29, 1.82) is 0 Å². The Morgan fingerprint density at radius 3 is 2.90 bits per heavy atom. The molecule has 1 saturated heterocycles. The van der Waals surface area contributed by atoms with Crippen molar-refractivity contribution in [2.75, 3.05) is 18.5 Å². The lowest BCUT2D eigenvalue weighted by Gasteiger charge is -2.12. The summed E-state index contributed by atoms with van der Waals surface area (Å²) >= 11 is 6.47. The average Bonchev–Trinajstić information content (AvgIpc) is 3.33. The second-order valence-corrected chi connectivity index (χ2v) is 8.24. The Balaban J connectivity index is 1.77. The van der Waals surface area contributed by atoms with Crippen LogP contribution in [0.5, 0.6) is 0 Å². The van der Waals surface area contributed by atoms with Gasteiger partial charge in [-0.25, -0.2) is 4.98 Å². The zero-order valence-electron chi connectivity index (χ0n) is 16.0. The first kappa shape index (κ1) is 20.3. The quantitative estimate of drug-likeness (QED) is 0.443. The summed E-state index contributed by atoms with van der Waals surface area (Å²) in [5.74, 6) is 0.615. The molecule has 0 unspecified atom stereocenters. The van der Waals surface area contributed by atoms with E-state index in [4.69, 9.17) is 16.6 Å². The largest absolute Gasteiger partial charge is 0.467 e. The van der Waals surface area contributed by atoms with Crippen LogP contribution >= 0.6 is 24.0 Å². The molecule has 1 aliphatic rings. The number of thioether (sulfide) groups is 1. The molecular weight excluding hydrogens is 424 g/mol. The fourth-order valence-electron chi connectivity index (χ4n) is 3.08. The third kappa shape index (κ3) is 3.76. The van der Waals surface area contributed by atoms with Crippen molar-refractivity contribution in [3.8, 4) is 0 Å². The van der Waals surface area contributed by atoms with E-state index in [1.165, 1.54) is 21.6 Å². The zero-order chi connectivity index (χ0) is 21.3. The van der Waals surface area contributed by atoms with Gasteiger partial charge >= 0.3 is 0 Å². The Kier molecular flexibility index (Phi) is 5.71. The Labute approximate surface area is 181 Å². The molecule has 1 amide bonds. The number of thiocarbonyl (C=S) groups is 1. The van der Waals surface area contributed by atoms with Crippen molar-refractivity contribution in [2.45, 2.75) is 13.5 Å². The van der Waals surface area contributed by atoms with Crippen LogP contribution in [-0.4, -0.2) is 42.8 Å². The second kappa shape index (κ2) is 8.42. The zero-order valence-corrected chi connectivity index (χ0v) is 17.6. The molecule has 0 aromatic carbocycles. The monoisotopic (exact) mass is 442 g/mol. The number of nitrogens with zero attached hydrogens (tertiary/aromatic N) is 3. The molecule has 1 aliphatic heterocycles. The fraction of sp³-hybridized carbons (Fsp3) is 0.200. The van der Waals surface area contributed by atoms with Gasteiger partial charge in [0.2, 0.25) is 0 Å². The summed E-state index contributed by atoms with van der Waals surface area (Å²) in [5, 5.41) is 12.2. The molecule has 0 saturated carbocycles. The van der Waals surface area contributed by atoms with Gasteiger partial charge in [-0.1, -0.05) is 30.0 Å². The number of carbonyl (C=O) groups excluding carboxylic acids is 1. The van der Waals surface area contributed by atoms with Crippen LogP contribution in [-0.2, 0) is 11.3 Å². The van der Waals surface area contributed by atoms with Gasteiger partial charge in [-0.15, -0.1) is 0 Å². The summed E-state index contributed by atoms with van der Waals surface area (Å²) in [6.45, 7) is 2.17. The van der Waals surface area contributed by atoms with Crippen molar-refractivity contribution in [3.05, 3.63) is 68.9 Å². The maximum Gasteiger partial charge on any atom is 0.267 e. The van der Waals surface area contributed by atoms with E-state index in [0.29, 0.717) is 26.5 Å². The molecule has 3 aromatic rings. The van der Waals surface area contributed by atoms with Crippen LogP contribution in [0.3, 0.4) is 0 Å². The number of aliphatic hydroxyl groups is 1. The average molecular weight is 443 g/mol. The number of anilines is 1. The highest BCUT2D eigenvalue weighted by molar-refractivity contribution is 8.26. The minimum atomic E-state index is -0.319. The van der Waals surface area contributed by atoms with Crippen molar-refractivity contribution >= 4 is 51.7 Å². The number of aliphatic hydroxyl groups excluding tert-OH is 1. The van der Waals surface area contributed by atoms with Gasteiger partial charge in [-0.05, 0) is 36.8 Å². The van der Waals surface area contributed by atoms with E-state index in [-0.39, 0.29) is 36.7 Å². The van der Waals surface area contributed by atoms with Crippen molar-refractivity contribution in [1.82, 2.24) is 14.3 Å². The van der Waals surface area contributed by atoms with Gasteiger partial charge in [-0.3, -0.25) is 18.9 Å². The molecule has 0 spiro atoms. The van der Waals surface area contributed by atoms with Gasteiger partial charge < -0.3 is 14.8 Å². The first-order chi connectivity index (χ1) is 14.5. The van der Waals surface area contributed by atoms with E-state index >= 15 is 0 Å². The molecule has 8 nitrogen and oxygen atoms in total. The number of hydrogen-bond donors (Lipinski definition) is 2. The molecule has 154 valence electrons. The number of fused-ring (bicyclic) bond motifs is 1. The number of furan rings is 1. The lowest BCUT2D eigenvalue weighted by molar-refractivity contribution is -0.122. The van der Waals surface area contributed by atoms with Crippen LogP contribution in [0.25, 0.3) is 11.7 Å². The van der Waals surface area contributed by atoms with Gasteiger partial charge in [-0.2, -0.15) is 0 Å². The first-order valence-electron chi connectivity index (χ1n) is 9.14. The van der Waals surface area contributed by atoms with Gasteiger partial charge in [0.25, 0.3) is 11.5 Å². The van der Waals surface area contributed by atoms with Crippen molar-refractivity contribution < 1.29 is 14.3 Å². The molecule has 30 heavy (non-hydrogen) atoms. The SMILES string of the molecule is Cc1cccn2c(=O)c(/C=C3/SC(=S)N(Cc4ccco4)C3=O)c(NCCO)nc12. The number of rotatable bonds is 6. The highest BCUT2D eigenvalue weighted by Gasteiger charge is 2.33. The van der Waals surface area contributed by atoms with Gasteiger partial charge in [0.15, 0.2) is 0 Å². The van der Waals surface area contributed by atoms with Gasteiger partial charge in [0.1, 0.15) is 21.5 Å². The van der Waals surface area contributed by atoms with Crippen molar-refractivity contribution in [2.24, 2.45) is 0 Å².